The Kier molecular flexibility index (Phi) is 16.1. The molecular weight excluding hydrogens is 903 g/mol. The normalized spacial score (nSPS) is 19.9. The fraction of sp³-hybridized carbons (Fsp3) is 0.273. The molecule has 2 aromatic heterocycles. The largest absolute Gasteiger partial charge is 1.00 e. The zero-order valence-corrected chi connectivity index (χ0v) is 45.1. The molecule has 0 amide bonds. The van der Waals surface area contributed by atoms with Crippen molar-refractivity contribution < 1.29 is 180 Å². The third kappa shape index (κ3) is 9.91. The summed E-state index contributed by atoms with van der Waals surface area (Å²) < 4.78 is 157. The van der Waals surface area contributed by atoms with Crippen LogP contribution in [0.1, 0.15) is 27.7 Å². The van der Waals surface area contributed by atoms with Crippen LogP contribution in [0.5, 0.6) is 0 Å². The minimum Gasteiger partial charge on any atom is -0.744 e. The van der Waals surface area contributed by atoms with Gasteiger partial charge in [-0.1, -0.05) is 0 Å². The summed E-state index contributed by atoms with van der Waals surface area (Å²) in [5, 5.41) is 3.59. The Morgan fingerprint density at radius 1 is 0.439 bits per heavy atom. The first kappa shape index (κ1) is 52.4. The van der Waals surface area contributed by atoms with E-state index in [4.69, 9.17) is 9.47 Å². The Balaban J connectivity index is 0.00000218. The Bertz CT molecular complexity index is 2660. The van der Waals surface area contributed by atoms with Gasteiger partial charge in [0.25, 0.3) is 0 Å². The van der Waals surface area contributed by atoms with Crippen LogP contribution in [-0.4, -0.2) is 68.9 Å². The van der Waals surface area contributed by atoms with E-state index >= 15 is 0 Å². The fourth-order valence-corrected chi connectivity index (χ4v) is 15.5. The Labute approximate surface area is 420 Å². The number of rotatable bonds is 8. The van der Waals surface area contributed by atoms with Crippen molar-refractivity contribution >= 4 is 97.6 Å². The van der Waals surface area contributed by atoms with Crippen LogP contribution in [0.25, 0.3) is 42.0 Å². The number of hydrogen-bond donors (Lipinski definition) is 0. The fourth-order valence-electron chi connectivity index (χ4n) is 7.41. The molecule has 0 saturated carbocycles. The van der Waals surface area contributed by atoms with Crippen molar-refractivity contribution in [2.45, 2.75) is 76.6 Å². The van der Waals surface area contributed by atoms with Gasteiger partial charge in [0.05, 0.1) is 19.6 Å². The zero-order valence-electron chi connectivity index (χ0n) is 32.1. The molecule has 24 heteroatoms. The van der Waals surface area contributed by atoms with Crippen molar-refractivity contribution in [1.29, 1.82) is 0 Å². The quantitative estimate of drug-likeness (QED) is 0.102. The molecule has 0 radical (unpaired) electrons. The van der Waals surface area contributed by atoms with Crippen molar-refractivity contribution in [3.63, 3.8) is 0 Å². The standard InChI is InChI=1S/C33H32O14P2S4.4Na/c1-31(2)46-32(3,17-48-27-9-5-19(50(34,35)36)13-23(27)24-14-20(51(37,38)39)6-10-28(24)48)33(4,47-31)18-49-29-11-7-21(52(40,41)42)15-25(29)26-16-22(53(43,44)45)8-12-30(26)49;;;;/h5-16H,17-18H2,1-4H3,(H,34,35,36)(H,37,38,39)(H,40,41,42)(H,43,44,45);;;;/q;4*+1/p-4/t32-,33-;;;;/m0..../s1. The van der Waals surface area contributed by atoms with Crippen LogP contribution < -0.4 is 118 Å². The molecule has 2 atom stereocenters. The summed E-state index contributed by atoms with van der Waals surface area (Å²) in [6.07, 6.45) is 0.442. The van der Waals surface area contributed by atoms with Crippen molar-refractivity contribution in [2.24, 2.45) is 0 Å². The average molecular weight is 931 g/mol. The predicted octanol–water partition coefficient (Wildman–Crippen LogP) is -6.09. The van der Waals surface area contributed by atoms with Gasteiger partial charge in [0.2, 0.25) is 0 Å². The molecule has 1 aliphatic rings. The zero-order chi connectivity index (χ0) is 38.9. The van der Waals surface area contributed by atoms with E-state index in [1.54, 1.807) is 13.8 Å². The first-order chi connectivity index (χ1) is 24.2. The van der Waals surface area contributed by atoms with Crippen LogP contribution >= 0.6 is 15.1 Å². The smallest absolute Gasteiger partial charge is 0.744 e. The van der Waals surface area contributed by atoms with Crippen molar-refractivity contribution in [1.82, 2.24) is 0 Å². The maximum absolute atomic E-state index is 12.0. The summed E-state index contributed by atoms with van der Waals surface area (Å²) in [5.74, 6) is -1.17. The first-order valence-electron chi connectivity index (χ1n) is 15.6. The Hall–Kier alpha value is 1.04. The van der Waals surface area contributed by atoms with E-state index in [9.17, 15) is 51.9 Å². The topological polar surface area (TPSA) is 247 Å². The second kappa shape index (κ2) is 17.5. The third-order valence-corrected chi connectivity index (χ3v) is 18.8. The molecule has 6 aromatic rings. The van der Waals surface area contributed by atoms with E-state index in [2.05, 4.69) is 0 Å². The van der Waals surface area contributed by atoms with Crippen molar-refractivity contribution in [2.75, 3.05) is 0 Å². The molecule has 14 nitrogen and oxygen atoms in total. The molecule has 4 aromatic carbocycles. The molecule has 0 unspecified atom stereocenters. The summed E-state index contributed by atoms with van der Waals surface area (Å²) in [6, 6.07) is 15.3. The van der Waals surface area contributed by atoms with Crippen LogP contribution in [0.4, 0.5) is 0 Å². The van der Waals surface area contributed by atoms with Crippen molar-refractivity contribution in [3.8, 4) is 0 Å². The van der Waals surface area contributed by atoms with Gasteiger partial charge in [-0.15, -0.1) is 15.1 Å². The van der Waals surface area contributed by atoms with Gasteiger partial charge in [0.1, 0.15) is 51.7 Å². The van der Waals surface area contributed by atoms with Crippen molar-refractivity contribution in [3.05, 3.63) is 72.8 Å². The second-order valence-electron chi connectivity index (χ2n) is 13.8. The molecule has 0 aliphatic carbocycles. The molecular formula is C33H28Na4O14P2S4. The minimum absolute atomic E-state index is 0. The van der Waals surface area contributed by atoms with Gasteiger partial charge < -0.3 is 27.7 Å². The van der Waals surface area contributed by atoms with Gasteiger partial charge in [-0.3, -0.25) is 0 Å². The average Bonchev–Trinajstić information content (AvgIpc) is 3.56. The van der Waals surface area contributed by atoms with E-state index in [1.165, 1.54) is 72.8 Å². The van der Waals surface area contributed by atoms with Crippen LogP contribution in [0, 0.1) is 0 Å². The van der Waals surface area contributed by atoms with E-state index in [0.29, 0.717) is 20.5 Å². The molecule has 57 heavy (non-hydrogen) atoms. The molecule has 3 heterocycles. The Morgan fingerprint density at radius 3 is 0.842 bits per heavy atom. The van der Waals surface area contributed by atoms with E-state index in [-0.39, 0.29) is 152 Å². The summed E-state index contributed by atoms with van der Waals surface area (Å²) in [4.78, 5) is -2.13. The van der Waals surface area contributed by atoms with E-state index < -0.39 is 92.1 Å². The third-order valence-electron chi connectivity index (χ3n) is 9.75. The SMILES string of the molecule is CC1(C)O[C@@](C)(Cp2c3ccc(S(=O)(=O)[O-])cc3c3cc(S(=O)(=O)[O-])ccc32)[C@](C)(Cp2c3ccc(S(=O)(=O)[O-])cc3c3cc(S(=O)(=O)[O-])ccc32)O1.[Na+].[Na+].[Na+].[Na+]. The van der Waals surface area contributed by atoms with Gasteiger partial charge >= 0.3 is 118 Å². The second-order valence-corrected chi connectivity index (χ2v) is 23.6. The van der Waals surface area contributed by atoms with Crippen LogP contribution in [0.2, 0.25) is 0 Å². The first-order valence-corrected chi connectivity index (χ1v) is 24.3. The van der Waals surface area contributed by atoms with E-state index in [1.807, 2.05) is 13.8 Å². The molecule has 0 bridgehead atoms. The summed E-state index contributed by atoms with van der Waals surface area (Å²) in [7, 11) is -22.6. The van der Waals surface area contributed by atoms with Crippen LogP contribution in [0.15, 0.2) is 92.4 Å². The van der Waals surface area contributed by atoms with Gasteiger partial charge in [0, 0.05) is 32.8 Å². The van der Waals surface area contributed by atoms with Crippen LogP contribution in [-0.2, 0) is 62.3 Å². The van der Waals surface area contributed by atoms with Gasteiger partial charge in [0.15, 0.2) is 5.79 Å². The molecule has 0 spiro atoms. The monoisotopic (exact) mass is 930 g/mol. The molecule has 282 valence electrons. The predicted molar refractivity (Wildman–Crippen MR) is 193 cm³/mol. The summed E-state index contributed by atoms with van der Waals surface area (Å²) >= 11 is 0. The molecule has 0 N–H and O–H groups in total. The minimum atomic E-state index is -4.90. The van der Waals surface area contributed by atoms with Gasteiger partial charge in [-0.2, -0.15) is 0 Å². The molecule has 1 fully saturated rings. The number of ether oxygens (including phenoxy) is 2. The van der Waals surface area contributed by atoms with Gasteiger partial charge in [-0.05, 0) is 122 Å². The van der Waals surface area contributed by atoms with E-state index in [0.717, 1.165) is 0 Å². The molecule has 1 aliphatic heterocycles. The Morgan fingerprint density at radius 2 is 0.649 bits per heavy atom. The summed E-state index contributed by atoms with van der Waals surface area (Å²) in [5.41, 5.74) is -2.31. The molecule has 7 rings (SSSR count). The van der Waals surface area contributed by atoms with Crippen LogP contribution in [0.3, 0.4) is 0 Å². The molecule has 1 saturated heterocycles. The maximum Gasteiger partial charge on any atom is 1.00 e. The number of benzene rings is 4. The van der Waals surface area contributed by atoms with Gasteiger partial charge in [-0.25, -0.2) is 33.7 Å². The number of fused-ring (bicyclic) bond motifs is 6. The summed E-state index contributed by atoms with van der Waals surface area (Å²) in [6.45, 7) is 7.11. The number of hydrogen-bond acceptors (Lipinski definition) is 14. The maximum atomic E-state index is 12.0.